The van der Waals surface area contributed by atoms with Gasteiger partial charge in [0.25, 0.3) is 0 Å². The van der Waals surface area contributed by atoms with Crippen LogP contribution in [0, 0.1) is 0 Å². The van der Waals surface area contributed by atoms with E-state index in [2.05, 4.69) is 51.1 Å². The van der Waals surface area contributed by atoms with E-state index in [-0.39, 0.29) is 0 Å². The summed E-state index contributed by atoms with van der Waals surface area (Å²) in [7, 11) is 0. The SMILES string of the molecule is CCCCC(C)(CCCC)c1ccccc1. The number of hydrogen-bond acceptors (Lipinski definition) is 0. The molecule has 0 unspecified atom stereocenters. The Morgan fingerprint density at radius 1 is 0.875 bits per heavy atom. The lowest BCUT2D eigenvalue weighted by atomic mass is 9.74. The van der Waals surface area contributed by atoms with E-state index in [1.54, 1.807) is 0 Å². The minimum Gasteiger partial charge on any atom is -0.0654 e. The second-order valence-corrected chi connectivity index (χ2v) is 5.13. The maximum atomic E-state index is 2.44. The molecular weight excluding hydrogens is 192 g/mol. The van der Waals surface area contributed by atoms with Gasteiger partial charge in [-0.1, -0.05) is 76.8 Å². The second kappa shape index (κ2) is 6.73. The molecule has 0 N–H and O–H groups in total. The molecule has 0 radical (unpaired) electrons. The Kier molecular flexibility index (Phi) is 5.59. The van der Waals surface area contributed by atoms with E-state index >= 15 is 0 Å². The third kappa shape index (κ3) is 3.66. The van der Waals surface area contributed by atoms with Gasteiger partial charge in [-0.3, -0.25) is 0 Å². The summed E-state index contributed by atoms with van der Waals surface area (Å²) in [4.78, 5) is 0. The van der Waals surface area contributed by atoms with E-state index in [1.807, 2.05) is 0 Å². The Bertz CT molecular complexity index is 265. The van der Waals surface area contributed by atoms with E-state index in [1.165, 1.54) is 44.1 Å². The lowest BCUT2D eigenvalue weighted by molar-refractivity contribution is 0.374. The molecule has 0 aliphatic heterocycles. The van der Waals surface area contributed by atoms with Gasteiger partial charge >= 0.3 is 0 Å². The zero-order valence-corrected chi connectivity index (χ0v) is 11.1. The first-order valence-corrected chi connectivity index (χ1v) is 6.78. The van der Waals surface area contributed by atoms with Crippen molar-refractivity contribution in [1.29, 1.82) is 0 Å². The molecule has 0 bridgehead atoms. The largest absolute Gasteiger partial charge is 0.0654 e. The van der Waals surface area contributed by atoms with Gasteiger partial charge in [-0.05, 0) is 23.8 Å². The number of rotatable bonds is 7. The summed E-state index contributed by atoms with van der Waals surface area (Å²) in [6, 6.07) is 11.1. The molecule has 0 saturated heterocycles. The van der Waals surface area contributed by atoms with Gasteiger partial charge in [-0.15, -0.1) is 0 Å². The van der Waals surface area contributed by atoms with Crippen LogP contribution in [0.2, 0.25) is 0 Å². The molecule has 16 heavy (non-hydrogen) atoms. The zero-order valence-electron chi connectivity index (χ0n) is 11.1. The van der Waals surface area contributed by atoms with Crippen LogP contribution >= 0.6 is 0 Å². The molecule has 0 aromatic heterocycles. The molecule has 0 amide bonds. The fourth-order valence-electron chi connectivity index (χ4n) is 2.39. The molecule has 0 fully saturated rings. The average Bonchev–Trinajstić information content (AvgIpc) is 2.35. The van der Waals surface area contributed by atoms with Gasteiger partial charge in [0.1, 0.15) is 0 Å². The van der Waals surface area contributed by atoms with Crippen LogP contribution in [0.3, 0.4) is 0 Å². The molecule has 1 aromatic carbocycles. The maximum Gasteiger partial charge on any atom is -0.00753 e. The monoisotopic (exact) mass is 218 g/mol. The van der Waals surface area contributed by atoms with Crippen molar-refractivity contribution in [3.05, 3.63) is 35.9 Å². The van der Waals surface area contributed by atoms with E-state index in [0.29, 0.717) is 5.41 Å². The van der Waals surface area contributed by atoms with Crippen molar-refractivity contribution in [2.24, 2.45) is 0 Å². The third-order valence-corrected chi connectivity index (χ3v) is 3.63. The van der Waals surface area contributed by atoms with Gasteiger partial charge < -0.3 is 0 Å². The lowest BCUT2D eigenvalue weighted by Crippen LogP contribution is -2.21. The van der Waals surface area contributed by atoms with Gasteiger partial charge in [0, 0.05) is 0 Å². The maximum absolute atomic E-state index is 2.44. The van der Waals surface area contributed by atoms with Crippen LogP contribution in [0.1, 0.15) is 64.9 Å². The lowest BCUT2D eigenvalue weighted by Gasteiger charge is -2.30. The second-order valence-electron chi connectivity index (χ2n) is 5.13. The number of hydrogen-bond donors (Lipinski definition) is 0. The smallest absolute Gasteiger partial charge is 0.00753 e. The minimum atomic E-state index is 0.396. The van der Waals surface area contributed by atoms with E-state index in [4.69, 9.17) is 0 Å². The van der Waals surface area contributed by atoms with Gasteiger partial charge in [-0.2, -0.15) is 0 Å². The van der Waals surface area contributed by atoms with E-state index in [0.717, 1.165) is 0 Å². The molecule has 0 aliphatic rings. The fourth-order valence-corrected chi connectivity index (χ4v) is 2.39. The Balaban J connectivity index is 2.77. The first-order chi connectivity index (χ1) is 7.73. The van der Waals surface area contributed by atoms with Crippen LogP contribution < -0.4 is 0 Å². The molecule has 0 nitrogen and oxygen atoms in total. The van der Waals surface area contributed by atoms with Crippen molar-refractivity contribution in [3.63, 3.8) is 0 Å². The minimum absolute atomic E-state index is 0.396. The number of benzene rings is 1. The summed E-state index contributed by atoms with van der Waals surface area (Å²) in [6.07, 6.45) is 7.94. The standard InChI is InChI=1S/C16H26/c1-4-6-13-16(3,14-7-5-2)15-11-9-8-10-12-15/h8-12H,4-7,13-14H2,1-3H3. The molecule has 1 aromatic rings. The molecular formula is C16H26. The molecule has 1 rings (SSSR count). The zero-order chi connectivity index (χ0) is 11.9. The quantitative estimate of drug-likeness (QED) is 0.580. The van der Waals surface area contributed by atoms with Gasteiger partial charge in [-0.25, -0.2) is 0 Å². The van der Waals surface area contributed by atoms with Gasteiger partial charge in [0.15, 0.2) is 0 Å². The normalized spacial score (nSPS) is 11.7. The van der Waals surface area contributed by atoms with Crippen LogP contribution in [0.15, 0.2) is 30.3 Å². The molecule has 0 spiro atoms. The van der Waals surface area contributed by atoms with Gasteiger partial charge in [0.05, 0.1) is 0 Å². The summed E-state index contributed by atoms with van der Waals surface area (Å²) < 4.78 is 0. The Morgan fingerprint density at radius 2 is 1.38 bits per heavy atom. The van der Waals surface area contributed by atoms with Crippen molar-refractivity contribution in [2.45, 2.75) is 64.7 Å². The Labute approximate surface area is 101 Å². The highest BCUT2D eigenvalue weighted by Gasteiger charge is 2.24. The van der Waals surface area contributed by atoms with Crippen molar-refractivity contribution in [2.75, 3.05) is 0 Å². The molecule has 0 heteroatoms. The highest BCUT2D eigenvalue weighted by molar-refractivity contribution is 5.24. The Hall–Kier alpha value is -0.780. The van der Waals surface area contributed by atoms with Crippen molar-refractivity contribution >= 4 is 0 Å². The molecule has 0 heterocycles. The molecule has 0 saturated carbocycles. The predicted molar refractivity (Wildman–Crippen MR) is 72.8 cm³/mol. The highest BCUT2D eigenvalue weighted by Crippen LogP contribution is 2.34. The van der Waals surface area contributed by atoms with Crippen molar-refractivity contribution < 1.29 is 0 Å². The third-order valence-electron chi connectivity index (χ3n) is 3.63. The van der Waals surface area contributed by atoms with Gasteiger partial charge in [0.2, 0.25) is 0 Å². The summed E-state index contributed by atoms with van der Waals surface area (Å²) in [6.45, 7) is 7.00. The van der Waals surface area contributed by atoms with Crippen LogP contribution in [-0.2, 0) is 5.41 Å². The van der Waals surface area contributed by atoms with Crippen LogP contribution in [0.25, 0.3) is 0 Å². The number of unbranched alkanes of at least 4 members (excludes halogenated alkanes) is 2. The van der Waals surface area contributed by atoms with Crippen molar-refractivity contribution in [1.82, 2.24) is 0 Å². The van der Waals surface area contributed by atoms with Crippen LogP contribution in [-0.4, -0.2) is 0 Å². The molecule has 90 valence electrons. The summed E-state index contributed by atoms with van der Waals surface area (Å²) in [5.41, 5.74) is 1.92. The Morgan fingerprint density at radius 3 is 1.81 bits per heavy atom. The first kappa shape index (κ1) is 13.3. The van der Waals surface area contributed by atoms with Crippen molar-refractivity contribution in [3.8, 4) is 0 Å². The summed E-state index contributed by atoms with van der Waals surface area (Å²) >= 11 is 0. The topological polar surface area (TPSA) is 0 Å². The molecule has 0 atom stereocenters. The van der Waals surface area contributed by atoms with Crippen LogP contribution in [0.4, 0.5) is 0 Å². The average molecular weight is 218 g/mol. The van der Waals surface area contributed by atoms with E-state index < -0.39 is 0 Å². The first-order valence-electron chi connectivity index (χ1n) is 6.78. The summed E-state index contributed by atoms with van der Waals surface area (Å²) in [5.74, 6) is 0. The summed E-state index contributed by atoms with van der Waals surface area (Å²) in [5, 5.41) is 0. The van der Waals surface area contributed by atoms with Crippen LogP contribution in [0.5, 0.6) is 0 Å². The van der Waals surface area contributed by atoms with E-state index in [9.17, 15) is 0 Å². The molecule has 0 aliphatic carbocycles. The fraction of sp³-hybridized carbons (Fsp3) is 0.625. The highest BCUT2D eigenvalue weighted by atomic mass is 14.3. The predicted octanol–water partition coefficient (Wildman–Crippen LogP) is 5.32.